The molecular formula is C5H4N3. The fourth-order valence-electron chi connectivity index (χ4n) is 0.423. The summed E-state index contributed by atoms with van der Waals surface area (Å²) in [5.41, 5.74) is 0.340. The Morgan fingerprint density at radius 2 is 2.75 bits per heavy atom. The summed E-state index contributed by atoms with van der Waals surface area (Å²) in [5.74, 6) is 0. The molecule has 0 bridgehead atoms. The first-order valence-corrected chi connectivity index (χ1v) is 2.13. The summed E-state index contributed by atoms with van der Waals surface area (Å²) < 4.78 is 1.61. The van der Waals surface area contributed by atoms with Gasteiger partial charge in [-0.15, -0.1) is 0 Å². The zero-order valence-corrected chi connectivity index (χ0v) is 4.42. The second-order valence-corrected chi connectivity index (χ2v) is 1.43. The molecule has 0 saturated heterocycles. The standard InChI is InChI=1S/C5H4N3/c1-8-3-5(2-6)7-4-8/h4H,1H3. The summed E-state index contributed by atoms with van der Waals surface area (Å²) in [7, 11) is 1.77. The molecule has 1 rings (SSSR count). The number of nitrogens with zero attached hydrogens (tertiary/aromatic N) is 3. The van der Waals surface area contributed by atoms with E-state index in [4.69, 9.17) is 5.26 Å². The number of aromatic nitrogens is 2. The first kappa shape index (κ1) is 4.85. The molecule has 3 heteroatoms. The highest BCUT2D eigenvalue weighted by molar-refractivity contribution is 5.13. The molecule has 39 valence electrons. The van der Waals surface area contributed by atoms with E-state index in [-0.39, 0.29) is 0 Å². The van der Waals surface area contributed by atoms with E-state index in [1.807, 2.05) is 6.07 Å². The van der Waals surface area contributed by atoms with E-state index in [0.717, 1.165) is 0 Å². The van der Waals surface area contributed by atoms with Gasteiger partial charge in [-0.3, -0.25) is 0 Å². The first-order chi connectivity index (χ1) is 3.83. The lowest BCUT2D eigenvalue weighted by molar-refractivity contribution is 0.905. The van der Waals surface area contributed by atoms with Gasteiger partial charge in [0.05, 0.1) is 6.33 Å². The monoisotopic (exact) mass is 106 g/mol. The molecule has 0 aliphatic heterocycles. The Morgan fingerprint density at radius 3 is 3.00 bits per heavy atom. The lowest BCUT2D eigenvalue weighted by atomic mass is 10.5. The third-order valence-electron chi connectivity index (χ3n) is 0.748. The topological polar surface area (TPSA) is 41.6 Å². The number of hydrogen-bond donors (Lipinski definition) is 0. The van der Waals surface area contributed by atoms with Crippen molar-refractivity contribution in [1.82, 2.24) is 9.55 Å². The van der Waals surface area contributed by atoms with Crippen molar-refractivity contribution >= 4 is 0 Å². The Kier molecular flexibility index (Phi) is 1.01. The molecule has 0 spiro atoms. The maximum Gasteiger partial charge on any atom is 0.168 e. The highest BCUT2D eigenvalue weighted by atomic mass is 15.0. The van der Waals surface area contributed by atoms with Crippen LogP contribution in [-0.4, -0.2) is 9.55 Å². The molecule has 0 N–H and O–H groups in total. The minimum absolute atomic E-state index is 0.340. The van der Waals surface area contributed by atoms with Gasteiger partial charge in [-0.1, -0.05) is 0 Å². The van der Waals surface area contributed by atoms with Crippen molar-refractivity contribution in [2.75, 3.05) is 0 Å². The summed E-state index contributed by atoms with van der Waals surface area (Å²) in [6.45, 7) is 0. The molecule has 0 saturated carbocycles. The van der Waals surface area contributed by atoms with Gasteiger partial charge in [0, 0.05) is 7.05 Å². The molecule has 1 heterocycles. The Morgan fingerprint density at radius 1 is 2.00 bits per heavy atom. The third-order valence-corrected chi connectivity index (χ3v) is 0.748. The van der Waals surface area contributed by atoms with E-state index in [1.54, 1.807) is 17.9 Å². The van der Waals surface area contributed by atoms with Gasteiger partial charge in [-0.05, 0) is 0 Å². The van der Waals surface area contributed by atoms with Crippen LogP contribution in [0.15, 0.2) is 6.33 Å². The van der Waals surface area contributed by atoms with Gasteiger partial charge in [0.2, 0.25) is 0 Å². The molecule has 3 nitrogen and oxygen atoms in total. The second-order valence-electron chi connectivity index (χ2n) is 1.43. The molecule has 1 aromatic rings. The van der Waals surface area contributed by atoms with Crippen LogP contribution in [0.25, 0.3) is 0 Å². The van der Waals surface area contributed by atoms with Crippen molar-refractivity contribution in [3.8, 4) is 6.07 Å². The predicted octanol–water partition coefficient (Wildman–Crippen LogP) is 0.0920. The lowest BCUT2D eigenvalue weighted by Crippen LogP contribution is -1.78. The summed E-state index contributed by atoms with van der Waals surface area (Å²) in [6, 6.07) is 1.86. The fourth-order valence-corrected chi connectivity index (χ4v) is 0.423. The van der Waals surface area contributed by atoms with Gasteiger partial charge in [0.25, 0.3) is 0 Å². The number of nitriles is 1. The van der Waals surface area contributed by atoms with E-state index >= 15 is 0 Å². The van der Waals surface area contributed by atoms with Gasteiger partial charge in [-0.25, -0.2) is 4.98 Å². The molecule has 1 radical (unpaired) electrons. The molecule has 1 aromatic heterocycles. The smallest absolute Gasteiger partial charge is 0.168 e. The number of imidazole rings is 1. The van der Waals surface area contributed by atoms with E-state index in [1.165, 1.54) is 0 Å². The van der Waals surface area contributed by atoms with E-state index in [0.29, 0.717) is 5.69 Å². The van der Waals surface area contributed by atoms with Crippen molar-refractivity contribution in [2.24, 2.45) is 7.05 Å². The van der Waals surface area contributed by atoms with Crippen LogP contribution >= 0.6 is 0 Å². The van der Waals surface area contributed by atoms with Crippen LogP contribution in [0.4, 0.5) is 0 Å². The normalized spacial score (nSPS) is 8.50. The molecule has 0 aliphatic rings. The first-order valence-electron chi connectivity index (χ1n) is 2.13. The van der Waals surface area contributed by atoms with Crippen molar-refractivity contribution in [3.63, 3.8) is 0 Å². The molecule has 0 atom stereocenters. The van der Waals surface area contributed by atoms with Crippen LogP contribution in [0.2, 0.25) is 0 Å². The average Bonchev–Trinajstić information content (AvgIpc) is 2.14. The summed E-state index contributed by atoms with van der Waals surface area (Å²) in [5, 5.41) is 8.19. The van der Waals surface area contributed by atoms with Crippen molar-refractivity contribution in [3.05, 3.63) is 18.2 Å². The van der Waals surface area contributed by atoms with Crippen molar-refractivity contribution in [2.45, 2.75) is 0 Å². The quantitative estimate of drug-likeness (QED) is 0.470. The van der Waals surface area contributed by atoms with Gasteiger partial charge in [0.1, 0.15) is 12.3 Å². The summed E-state index contributed by atoms with van der Waals surface area (Å²) in [4.78, 5) is 3.68. The van der Waals surface area contributed by atoms with E-state index in [2.05, 4.69) is 11.2 Å². The molecule has 0 fully saturated rings. The van der Waals surface area contributed by atoms with Gasteiger partial charge in [-0.2, -0.15) is 5.26 Å². The van der Waals surface area contributed by atoms with Gasteiger partial charge < -0.3 is 4.57 Å². The minimum Gasteiger partial charge on any atom is -0.331 e. The predicted molar refractivity (Wildman–Crippen MR) is 26.8 cm³/mol. The van der Waals surface area contributed by atoms with Crippen LogP contribution in [0.5, 0.6) is 0 Å². The van der Waals surface area contributed by atoms with Crippen LogP contribution < -0.4 is 0 Å². The highest BCUT2D eigenvalue weighted by Gasteiger charge is 1.89. The Balaban J connectivity index is 3.05. The maximum absolute atomic E-state index is 8.19. The summed E-state index contributed by atoms with van der Waals surface area (Å²) >= 11 is 0. The lowest BCUT2D eigenvalue weighted by Gasteiger charge is -1.75. The van der Waals surface area contributed by atoms with Crippen LogP contribution in [0, 0.1) is 17.5 Å². The second kappa shape index (κ2) is 1.66. The zero-order chi connectivity index (χ0) is 5.98. The Hall–Kier alpha value is -1.30. The highest BCUT2D eigenvalue weighted by Crippen LogP contribution is 1.86. The fraction of sp³-hybridized carbons (Fsp3) is 0.200. The molecular weight excluding hydrogens is 102 g/mol. The SMILES string of the molecule is Cn1[c]c(C#N)nc1. The van der Waals surface area contributed by atoms with E-state index in [9.17, 15) is 0 Å². The molecule has 0 amide bonds. The van der Waals surface area contributed by atoms with Crippen LogP contribution in [0.3, 0.4) is 0 Å². The number of rotatable bonds is 0. The van der Waals surface area contributed by atoms with E-state index < -0.39 is 0 Å². The Bertz CT molecular complexity index is 218. The zero-order valence-electron chi connectivity index (χ0n) is 4.42. The molecule has 0 unspecified atom stereocenters. The minimum atomic E-state index is 0.340. The maximum atomic E-state index is 8.19. The van der Waals surface area contributed by atoms with Crippen molar-refractivity contribution in [1.29, 1.82) is 5.26 Å². The molecule has 8 heavy (non-hydrogen) atoms. The van der Waals surface area contributed by atoms with Crippen LogP contribution in [0.1, 0.15) is 5.69 Å². The van der Waals surface area contributed by atoms with Gasteiger partial charge in [0.15, 0.2) is 5.69 Å². The van der Waals surface area contributed by atoms with Gasteiger partial charge >= 0.3 is 0 Å². The Labute approximate surface area is 47.2 Å². The average molecular weight is 106 g/mol. The van der Waals surface area contributed by atoms with Crippen LogP contribution in [-0.2, 0) is 7.05 Å². The van der Waals surface area contributed by atoms with Crippen molar-refractivity contribution < 1.29 is 0 Å². The third kappa shape index (κ3) is 0.684. The number of aryl methyl sites for hydroxylation is 1. The summed E-state index contributed by atoms with van der Waals surface area (Å²) in [6.07, 6.45) is 4.21. The largest absolute Gasteiger partial charge is 0.331 e. The molecule has 0 aliphatic carbocycles. The molecule has 0 aromatic carbocycles. The number of hydrogen-bond acceptors (Lipinski definition) is 2.